The van der Waals surface area contributed by atoms with Gasteiger partial charge in [0.15, 0.2) is 11.2 Å². The second-order valence-electron chi connectivity index (χ2n) is 33.0. The molecule has 2 unspecified atom stereocenters. The Bertz CT molecular complexity index is 5440. The number of imide groups is 1. The van der Waals surface area contributed by atoms with E-state index in [1.165, 1.54) is 61.8 Å². The van der Waals surface area contributed by atoms with Crippen molar-refractivity contribution in [1.29, 1.82) is 0 Å². The van der Waals surface area contributed by atoms with Crippen LogP contribution in [-0.2, 0) is 112 Å². The van der Waals surface area contributed by atoms with E-state index in [-0.39, 0.29) is 158 Å². The summed E-state index contributed by atoms with van der Waals surface area (Å²) < 4.78 is 5.05. The van der Waals surface area contributed by atoms with Crippen molar-refractivity contribution in [3.63, 3.8) is 0 Å². The standard InChI is InChI=1S/C88H118N24O30S/c1-45(2)69(78(129)103-54(14-11-34-94-85(91)138)74(125)100-51-24-20-48(21-25-51)43-142-88(141)92-3)109-63(114)15-5-4-10-35-112-65(116)39-61(80(112)131)143-44-60(77(128)102-53(71(89)123)12-6-8-32-93-62(113)30-28-56(82(134)135)104-73(124)49-22-26-50(27-23-49)96-41-52-42-97-72-70(99-52)79(130)111-84(90)110-72)106-76(127)59(38-68(121)122)105-75(126)58(37-67(119)120)101-64(115)36-46-16-18-47(19-17-46)40-98-86(139)95-33-9-7-13-55(81(132)133)107-87(140)108-57(83(136)137)29-31-66(117)118/h16-27,42,45,53-61,69,96H,4-15,28-41,43-44H2,1-3H3,(H2,89,123)(H,92,141)(H,93,113)(H,100,125)(H,101,115)(H,102,128)(H,103,129)(H,104,124)(H,105,126)(H,106,127)(H,109,114)(H,117,118)(H,119,120)(H,121,122)(H,132,133)(H,134,135)(H,136,137)(H3,91,94,138)(H2,95,98,139)(H2,107,108,140)(H3,90,97,110,111,130)/t53-,54?,55-,56-,57-,58-,59-,60-,61?,69-/m0/s1. The number of carboxylic acids is 6. The summed E-state index contributed by atoms with van der Waals surface area (Å²) in [5, 5.41) is 95.7. The number of unbranched alkanes of at least 4 members (excludes halogenated alkanes) is 4. The quantitative estimate of drug-likeness (QED) is 0.0145. The molecule has 10 atom stereocenters. The molecule has 0 aliphatic carbocycles. The van der Waals surface area contributed by atoms with Gasteiger partial charge < -0.3 is 143 Å². The zero-order valence-electron chi connectivity index (χ0n) is 78.1. The molecule has 2 aromatic heterocycles. The van der Waals surface area contributed by atoms with Gasteiger partial charge in [0.05, 0.1) is 42.9 Å². The second-order valence-corrected chi connectivity index (χ2v) is 34.2. The van der Waals surface area contributed by atoms with Crippen LogP contribution in [0.5, 0.6) is 0 Å². The Morgan fingerprint density at radius 1 is 0.497 bits per heavy atom. The van der Waals surface area contributed by atoms with Crippen molar-refractivity contribution in [2.75, 3.05) is 55.3 Å². The van der Waals surface area contributed by atoms with Gasteiger partial charge in [-0.25, -0.2) is 43.5 Å². The van der Waals surface area contributed by atoms with Crippen LogP contribution in [0.3, 0.4) is 0 Å². The number of carbonyl (C=O) groups excluding carboxylic acids is 16. The number of ether oxygens (including phenoxy) is 1. The molecule has 0 bridgehead atoms. The van der Waals surface area contributed by atoms with Gasteiger partial charge in [0.25, 0.3) is 5.91 Å². The first-order valence-electron chi connectivity index (χ1n) is 45.1. The molecule has 0 spiro atoms. The lowest BCUT2D eigenvalue weighted by molar-refractivity contribution is -0.143. The fraction of sp³-hybridized carbons (Fsp3) is 0.477. The zero-order chi connectivity index (χ0) is 106. The minimum Gasteiger partial charge on any atom is -0.481 e. The minimum atomic E-state index is -2.18. The molecule has 54 nitrogen and oxygen atoms in total. The van der Waals surface area contributed by atoms with Gasteiger partial charge in [0.2, 0.25) is 70.9 Å². The van der Waals surface area contributed by atoms with Crippen LogP contribution in [0.2, 0.25) is 0 Å². The molecule has 1 aliphatic rings. The van der Waals surface area contributed by atoms with Crippen LogP contribution in [0, 0.1) is 5.92 Å². The summed E-state index contributed by atoms with van der Waals surface area (Å²) in [6.07, 6.45) is -3.78. The van der Waals surface area contributed by atoms with E-state index in [4.69, 9.17) is 27.0 Å². The molecule has 29 N–H and O–H groups in total. The molecule has 55 heteroatoms. The Morgan fingerprint density at radius 3 is 1.66 bits per heavy atom. The number of carboxylic acid groups (broad SMARTS) is 6. The number of amides is 19. The fourth-order valence-electron chi connectivity index (χ4n) is 13.8. The highest BCUT2D eigenvalue weighted by atomic mass is 32.2. The summed E-state index contributed by atoms with van der Waals surface area (Å²) in [5.41, 5.74) is 18.6. The molecule has 0 saturated carbocycles. The van der Waals surface area contributed by atoms with Gasteiger partial charge in [-0.1, -0.05) is 56.7 Å². The lowest BCUT2D eigenvalue weighted by Crippen LogP contribution is -2.59. The Kier molecular flexibility index (Phi) is 47.7. The van der Waals surface area contributed by atoms with Gasteiger partial charge >= 0.3 is 65.6 Å². The van der Waals surface area contributed by atoms with E-state index >= 15 is 0 Å². The average Bonchev–Trinajstić information content (AvgIpc) is 1.51. The van der Waals surface area contributed by atoms with Crippen molar-refractivity contribution in [2.24, 2.45) is 17.4 Å². The highest BCUT2D eigenvalue weighted by Gasteiger charge is 2.41. The molecule has 3 aromatic carbocycles. The highest BCUT2D eigenvalue weighted by molar-refractivity contribution is 8.00. The first-order valence-corrected chi connectivity index (χ1v) is 46.2. The third-order valence-corrected chi connectivity index (χ3v) is 22.8. The van der Waals surface area contributed by atoms with E-state index in [0.29, 0.717) is 40.0 Å². The number of benzene rings is 3. The summed E-state index contributed by atoms with van der Waals surface area (Å²) >= 11 is 0.663. The molecular formula is C88H118N24O30S. The maximum absolute atomic E-state index is 14.5. The first-order chi connectivity index (χ1) is 67.8. The van der Waals surface area contributed by atoms with Gasteiger partial charge in [-0.3, -0.25) is 81.6 Å². The number of fused-ring (bicyclic) bond motifs is 1. The molecule has 1 aliphatic heterocycles. The van der Waals surface area contributed by atoms with E-state index < -0.39 is 253 Å². The number of hydrogen-bond acceptors (Lipinski definition) is 30. The van der Waals surface area contributed by atoms with Crippen molar-refractivity contribution in [3.05, 3.63) is 117 Å². The number of H-pyrrole nitrogens is 1. The number of aliphatic carboxylic acids is 6. The Hall–Kier alpha value is -16.4. The fourth-order valence-corrected chi connectivity index (χ4v) is 15.0. The molecule has 3 heterocycles. The normalized spacial score (nSPS) is 13.9. The number of rotatable bonds is 63. The van der Waals surface area contributed by atoms with Gasteiger partial charge in [-0.2, -0.15) is 4.98 Å². The number of nitrogen functional groups attached to an aromatic ring is 1. The van der Waals surface area contributed by atoms with E-state index in [0.717, 1.165) is 4.90 Å². The number of carbonyl (C=O) groups is 22. The lowest BCUT2D eigenvalue weighted by Gasteiger charge is -2.26. The van der Waals surface area contributed by atoms with E-state index in [1.807, 2.05) is 5.32 Å². The van der Waals surface area contributed by atoms with Crippen LogP contribution in [-0.4, -0.2) is 285 Å². The Labute approximate surface area is 819 Å². The topological polar surface area (TPSA) is 851 Å². The predicted molar refractivity (Wildman–Crippen MR) is 504 cm³/mol. The Balaban J connectivity index is 1.06. The third-order valence-electron chi connectivity index (χ3n) is 21.5. The molecule has 19 amide bonds. The van der Waals surface area contributed by atoms with E-state index in [2.05, 4.69) is 99.7 Å². The maximum Gasteiger partial charge on any atom is 0.407 e. The number of primary amides is 2. The number of nitrogens with zero attached hydrogens (tertiary/aromatic N) is 4. The molecule has 0 radical (unpaired) electrons. The molecule has 1 fully saturated rings. The van der Waals surface area contributed by atoms with Gasteiger partial charge in [0.1, 0.15) is 61.0 Å². The zero-order valence-corrected chi connectivity index (χ0v) is 78.9. The monoisotopic (exact) mass is 2020 g/mol. The number of nitrogens with one attached hydrogen (secondary N) is 17. The number of anilines is 3. The van der Waals surface area contributed by atoms with Crippen LogP contribution >= 0.6 is 11.8 Å². The smallest absolute Gasteiger partial charge is 0.407 e. The van der Waals surface area contributed by atoms with Gasteiger partial charge in [-0.15, -0.1) is 11.8 Å². The SMILES string of the molecule is CNC(=O)OCc1ccc(NC(=O)C(CCCNC(N)=O)NC(=O)[C@@H](NC(=O)CCCCCN2C(=O)CC(SC[C@H](NC(=O)[C@H](CC(=O)O)NC(=O)[C@H](CC(=O)O)NC(=O)Cc3ccc(CNC(=O)NCCCC[C@H](NC(=O)N[C@@H](CCC(=O)O)C(=O)O)C(=O)O)cc3)C(=O)N[C@@H](CCCCNC(=O)CC[C@H](NC(=O)c3ccc(NCc4cnc5[nH]c(N)nc(=O)c5n4)cc3)C(=O)O)C(N)=O)C2=O)C(C)C)cc1. The summed E-state index contributed by atoms with van der Waals surface area (Å²) in [5.74, 6) is -21.4. The van der Waals surface area contributed by atoms with Crippen molar-refractivity contribution in [2.45, 2.75) is 222 Å². The van der Waals surface area contributed by atoms with E-state index in [9.17, 15) is 136 Å². The lowest BCUT2D eigenvalue weighted by atomic mass is 10.0. The van der Waals surface area contributed by atoms with Gasteiger partial charge in [0, 0.05) is 88.1 Å². The number of alkyl carbamates (subject to hydrolysis) is 1. The van der Waals surface area contributed by atoms with Crippen molar-refractivity contribution < 1.29 is 141 Å². The number of thioether (sulfide) groups is 1. The molecule has 1 saturated heterocycles. The van der Waals surface area contributed by atoms with Crippen molar-refractivity contribution in [3.8, 4) is 0 Å². The number of aromatic amines is 1. The average molecular weight is 2020 g/mol. The van der Waals surface area contributed by atoms with Crippen molar-refractivity contribution in [1.82, 2.24) is 99.3 Å². The number of likely N-dealkylation sites (tertiary alicyclic amines) is 1. The largest absolute Gasteiger partial charge is 0.481 e. The number of aromatic nitrogens is 4. The van der Waals surface area contributed by atoms with Crippen LogP contribution in [0.25, 0.3) is 11.2 Å². The second kappa shape index (κ2) is 59.1. The number of hydrogen-bond donors (Lipinski definition) is 26. The number of nitrogens with two attached hydrogens (primary N) is 3. The van der Waals surface area contributed by atoms with Gasteiger partial charge in [-0.05, 0) is 136 Å². The van der Waals surface area contributed by atoms with Crippen LogP contribution in [0.15, 0.2) is 83.8 Å². The van der Waals surface area contributed by atoms with Crippen LogP contribution in [0.1, 0.15) is 169 Å². The summed E-state index contributed by atoms with van der Waals surface area (Å²) in [4.78, 5) is 312. The summed E-state index contributed by atoms with van der Waals surface area (Å²) in [6, 6.07) is 0.757. The molecule has 776 valence electrons. The van der Waals surface area contributed by atoms with E-state index in [1.54, 1.807) is 38.1 Å². The summed E-state index contributed by atoms with van der Waals surface area (Å²) in [6.45, 7) is 3.08. The molecular weight excluding hydrogens is 1910 g/mol. The molecule has 5 aromatic rings. The Morgan fingerprint density at radius 2 is 1.05 bits per heavy atom. The van der Waals surface area contributed by atoms with Crippen LogP contribution < -0.4 is 108 Å². The summed E-state index contributed by atoms with van der Waals surface area (Å²) in [7, 11) is 1.39. The predicted octanol–water partition coefficient (Wildman–Crippen LogP) is -2.20. The first kappa shape index (κ1) is 115. The number of urea groups is 3. The molecule has 143 heavy (non-hydrogen) atoms. The third kappa shape index (κ3) is 42.0. The highest BCUT2D eigenvalue weighted by Crippen LogP contribution is 2.27. The molecule has 6 rings (SSSR count). The minimum absolute atomic E-state index is 0.0138. The maximum atomic E-state index is 14.5. The van der Waals surface area contributed by atoms with Crippen molar-refractivity contribution >= 4 is 171 Å². The van der Waals surface area contributed by atoms with Crippen LogP contribution in [0.4, 0.5) is 36.5 Å².